The standard InChI is InChI=1S/C17H25ClN2O2/c1-3-19-11-14-6-8-20(9-7-14)17(21)12-22-15-4-5-16(18)13(2)10-15/h4-5,10,14,19H,3,6-9,11-12H2,1-2H3. The third kappa shape index (κ3) is 4.89. The fraction of sp³-hybridized carbons (Fsp3) is 0.588. The largest absolute Gasteiger partial charge is 0.484 e. The molecule has 1 aromatic carbocycles. The van der Waals surface area contributed by atoms with Crippen LogP contribution in [0.15, 0.2) is 18.2 Å². The van der Waals surface area contributed by atoms with Crippen molar-refractivity contribution in [3.63, 3.8) is 0 Å². The first-order valence-electron chi connectivity index (χ1n) is 7.97. The minimum absolute atomic E-state index is 0.0644. The first-order valence-corrected chi connectivity index (χ1v) is 8.35. The first-order chi connectivity index (χ1) is 10.6. The number of ether oxygens (including phenoxy) is 1. The van der Waals surface area contributed by atoms with Gasteiger partial charge in [-0.3, -0.25) is 4.79 Å². The quantitative estimate of drug-likeness (QED) is 0.875. The first kappa shape index (κ1) is 17.1. The summed E-state index contributed by atoms with van der Waals surface area (Å²) in [5.41, 5.74) is 0.954. The summed E-state index contributed by atoms with van der Waals surface area (Å²) in [6.45, 7) is 7.86. The molecule has 1 aliphatic rings. The molecule has 1 aromatic rings. The van der Waals surface area contributed by atoms with E-state index in [9.17, 15) is 4.79 Å². The summed E-state index contributed by atoms with van der Waals surface area (Å²) in [5.74, 6) is 1.44. The molecule has 2 rings (SSSR count). The van der Waals surface area contributed by atoms with E-state index in [1.165, 1.54) is 0 Å². The van der Waals surface area contributed by atoms with E-state index < -0.39 is 0 Å². The van der Waals surface area contributed by atoms with Gasteiger partial charge >= 0.3 is 0 Å². The van der Waals surface area contributed by atoms with Gasteiger partial charge in [0.25, 0.3) is 5.91 Å². The summed E-state index contributed by atoms with van der Waals surface area (Å²) in [6, 6.07) is 5.45. The number of nitrogens with zero attached hydrogens (tertiary/aromatic N) is 1. The molecule has 4 nitrogen and oxygen atoms in total. The lowest BCUT2D eigenvalue weighted by atomic mass is 9.97. The van der Waals surface area contributed by atoms with Crippen LogP contribution in [0.1, 0.15) is 25.3 Å². The minimum Gasteiger partial charge on any atom is -0.484 e. The van der Waals surface area contributed by atoms with E-state index >= 15 is 0 Å². The van der Waals surface area contributed by atoms with E-state index in [2.05, 4.69) is 12.2 Å². The van der Waals surface area contributed by atoms with E-state index in [1.807, 2.05) is 17.9 Å². The molecule has 0 spiro atoms. The van der Waals surface area contributed by atoms with Gasteiger partial charge in [-0.15, -0.1) is 0 Å². The molecule has 0 aliphatic carbocycles. The Morgan fingerprint density at radius 1 is 1.41 bits per heavy atom. The van der Waals surface area contributed by atoms with Gasteiger partial charge < -0.3 is 15.0 Å². The molecular weight excluding hydrogens is 300 g/mol. The SMILES string of the molecule is CCNCC1CCN(C(=O)COc2ccc(Cl)c(C)c2)CC1. The summed E-state index contributed by atoms with van der Waals surface area (Å²) in [7, 11) is 0. The second-order valence-electron chi connectivity index (χ2n) is 5.83. The molecule has 0 bridgehead atoms. The number of nitrogens with one attached hydrogen (secondary N) is 1. The van der Waals surface area contributed by atoms with Gasteiger partial charge in [0.1, 0.15) is 5.75 Å². The average Bonchev–Trinajstić information content (AvgIpc) is 2.54. The zero-order valence-electron chi connectivity index (χ0n) is 13.4. The second kappa shape index (κ2) is 8.39. The molecule has 0 aromatic heterocycles. The fourth-order valence-electron chi connectivity index (χ4n) is 2.68. The molecule has 0 saturated carbocycles. The number of piperidine rings is 1. The molecule has 1 amide bonds. The Kier molecular flexibility index (Phi) is 6.52. The van der Waals surface area contributed by atoms with Crippen molar-refractivity contribution in [3.05, 3.63) is 28.8 Å². The van der Waals surface area contributed by atoms with E-state index in [4.69, 9.17) is 16.3 Å². The predicted octanol–water partition coefficient (Wildman–Crippen LogP) is 2.88. The highest BCUT2D eigenvalue weighted by molar-refractivity contribution is 6.31. The summed E-state index contributed by atoms with van der Waals surface area (Å²) in [4.78, 5) is 14.1. The smallest absolute Gasteiger partial charge is 0.260 e. The van der Waals surface area contributed by atoms with Gasteiger partial charge in [-0.1, -0.05) is 18.5 Å². The van der Waals surface area contributed by atoms with Crippen molar-refractivity contribution in [2.75, 3.05) is 32.8 Å². The average molecular weight is 325 g/mol. The summed E-state index contributed by atoms with van der Waals surface area (Å²) in [5, 5.41) is 4.09. The number of likely N-dealkylation sites (tertiary alicyclic amines) is 1. The van der Waals surface area contributed by atoms with E-state index in [0.29, 0.717) is 16.7 Å². The van der Waals surface area contributed by atoms with Crippen LogP contribution in [0.5, 0.6) is 5.75 Å². The highest BCUT2D eigenvalue weighted by Crippen LogP contribution is 2.21. The molecule has 1 aliphatic heterocycles. The van der Waals surface area contributed by atoms with Crippen molar-refractivity contribution < 1.29 is 9.53 Å². The van der Waals surface area contributed by atoms with Crippen LogP contribution in [0.2, 0.25) is 5.02 Å². The maximum atomic E-state index is 12.2. The molecule has 1 fully saturated rings. The topological polar surface area (TPSA) is 41.6 Å². The number of amides is 1. The summed E-state index contributed by atoms with van der Waals surface area (Å²) >= 11 is 5.98. The van der Waals surface area contributed by atoms with Crippen molar-refractivity contribution in [1.82, 2.24) is 10.2 Å². The number of rotatable bonds is 6. The minimum atomic E-state index is 0.0644. The molecule has 1 N–H and O–H groups in total. The van der Waals surface area contributed by atoms with Crippen molar-refractivity contribution in [2.45, 2.75) is 26.7 Å². The van der Waals surface area contributed by atoms with Gasteiger partial charge in [0.15, 0.2) is 6.61 Å². The van der Waals surface area contributed by atoms with Gasteiger partial charge in [-0.05, 0) is 62.5 Å². The molecular formula is C17H25ClN2O2. The van der Waals surface area contributed by atoms with Crippen LogP contribution in [0.25, 0.3) is 0 Å². The Hall–Kier alpha value is -1.26. The lowest BCUT2D eigenvalue weighted by molar-refractivity contribution is -0.134. The molecule has 5 heteroatoms. The zero-order chi connectivity index (χ0) is 15.9. The number of aryl methyl sites for hydroxylation is 1. The second-order valence-corrected chi connectivity index (χ2v) is 6.24. The van der Waals surface area contributed by atoms with Crippen LogP contribution >= 0.6 is 11.6 Å². The van der Waals surface area contributed by atoms with Crippen molar-refractivity contribution >= 4 is 17.5 Å². The van der Waals surface area contributed by atoms with Crippen LogP contribution in [-0.2, 0) is 4.79 Å². The Bertz CT molecular complexity index is 499. The van der Waals surface area contributed by atoms with Crippen molar-refractivity contribution in [1.29, 1.82) is 0 Å². The van der Waals surface area contributed by atoms with Gasteiger partial charge in [-0.2, -0.15) is 0 Å². The van der Waals surface area contributed by atoms with Crippen LogP contribution in [0.3, 0.4) is 0 Å². The molecule has 122 valence electrons. The van der Waals surface area contributed by atoms with Crippen molar-refractivity contribution in [3.8, 4) is 5.75 Å². The molecule has 22 heavy (non-hydrogen) atoms. The molecule has 0 unspecified atom stereocenters. The number of carbonyl (C=O) groups excluding carboxylic acids is 1. The van der Waals surface area contributed by atoms with Crippen molar-refractivity contribution in [2.24, 2.45) is 5.92 Å². The van der Waals surface area contributed by atoms with E-state index in [1.54, 1.807) is 12.1 Å². The van der Waals surface area contributed by atoms with Crippen LogP contribution < -0.4 is 10.1 Å². The Morgan fingerprint density at radius 2 is 2.14 bits per heavy atom. The van der Waals surface area contributed by atoms with Crippen LogP contribution in [-0.4, -0.2) is 43.6 Å². The van der Waals surface area contributed by atoms with Gasteiger partial charge in [0.2, 0.25) is 0 Å². The summed E-state index contributed by atoms with van der Waals surface area (Å²) in [6.07, 6.45) is 2.14. The van der Waals surface area contributed by atoms with Crippen LogP contribution in [0.4, 0.5) is 0 Å². The highest BCUT2D eigenvalue weighted by Gasteiger charge is 2.22. The Morgan fingerprint density at radius 3 is 2.77 bits per heavy atom. The normalized spacial score (nSPS) is 15.9. The van der Waals surface area contributed by atoms with E-state index in [-0.39, 0.29) is 12.5 Å². The van der Waals surface area contributed by atoms with E-state index in [0.717, 1.165) is 44.6 Å². The van der Waals surface area contributed by atoms with Crippen LogP contribution in [0, 0.1) is 12.8 Å². The number of hydrogen-bond donors (Lipinski definition) is 1. The Balaban J connectivity index is 1.75. The lowest BCUT2D eigenvalue weighted by Gasteiger charge is -2.32. The lowest BCUT2D eigenvalue weighted by Crippen LogP contribution is -2.42. The fourth-order valence-corrected chi connectivity index (χ4v) is 2.80. The summed E-state index contributed by atoms with van der Waals surface area (Å²) < 4.78 is 5.59. The highest BCUT2D eigenvalue weighted by atomic mass is 35.5. The van der Waals surface area contributed by atoms with Gasteiger partial charge in [0.05, 0.1) is 0 Å². The number of benzene rings is 1. The molecule has 0 radical (unpaired) electrons. The zero-order valence-corrected chi connectivity index (χ0v) is 14.2. The van der Waals surface area contributed by atoms with Gasteiger partial charge in [-0.25, -0.2) is 0 Å². The Labute approximate surface area is 137 Å². The number of hydrogen-bond acceptors (Lipinski definition) is 3. The molecule has 1 heterocycles. The third-order valence-corrected chi connectivity index (χ3v) is 4.57. The third-order valence-electron chi connectivity index (χ3n) is 4.14. The predicted molar refractivity (Wildman–Crippen MR) is 89.5 cm³/mol. The molecule has 1 saturated heterocycles. The maximum Gasteiger partial charge on any atom is 0.260 e. The number of halogens is 1. The number of carbonyl (C=O) groups is 1. The van der Waals surface area contributed by atoms with Gasteiger partial charge in [0, 0.05) is 18.1 Å². The molecule has 0 atom stereocenters. The monoisotopic (exact) mass is 324 g/mol. The maximum absolute atomic E-state index is 12.2.